The van der Waals surface area contributed by atoms with Crippen LogP contribution in [0.3, 0.4) is 0 Å². The fourth-order valence-electron chi connectivity index (χ4n) is 1.71. The summed E-state index contributed by atoms with van der Waals surface area (Å²) >= 11 is 0. The van der Waals surface area contributed by atoms with Gasteiger partial charge in [-0.2, -0.15) is 0 Å². The first-order chi connectivity index (χ1) is 8.10. The standard InChI is InChI=1S/C14H19NO2/c1-4-7-11(3)14(17)15(5-2)12-8-6-9-13(16)10-12/h6-10,16H,4-5H2,1-3H3/b11-7-. The van der Waals surface area contributed by atoms with Crippen molar-refractivity contribution < 1.29 is 9.90 Å². The summed E-state index contributed by atoms with van der Waals surface area (Å²) in [5.41, 5.74) is 1.46. The molecule has 3 heteroatoms. The molecule has 0 radical (unpaired) electrons. The van der Waals surface area contributed by atoms with Gasteiger partial charge in [0.15, 0.2) is 0 Å². The summed E-state index contributed by atoms with van der Waals surface area (Å²) in [5, 5.41) is 9.43. The molecule has 0 unspecified atom stereocenters. The number of benzene rings is 1. The van der Waals surface area contributed by atoms with E-state index in [1.165, 1.54) is 0 Å². The highest BCUT2D eigenvalue weighted by molar-refractivity contribution is 6.05. The molecule has 0 atom stereocenters. The maximum absolute atomic E-state index is 12.2. The molecule has 0 aliphatic carbocycles. The van der Waals surface area contributed by atoms with Crippen molar-refractivity contribution in [3.8, 4) is 5.75 Å². The van der Waals surface area contributed by atoms with Gasteiger partial charge in [0.25, 0.3) is 5.91 Å². The van der Waals surface area contributed by atoms with Crippen LogP contribution < -0.4 is 4.90 Å². The molecule has 0 aliphatic rings. The molecule has 0 aliphatic heterocycles. The van der Waals surface area contributed by atoms with Crippen LogP contribution >= 0.6 is 0 Å². The lowest BCUT2D eigenvalue weighted by atomic mass is 10.2. The minimum Gasteiger partial charge on any atom is -0.508 e. The summed E-state index contributed by atoms with van der Waals surface area (Å²) in [5.74, 6) is 0.158. The average molecular weight is 233 g/mol. The quantitative estimate of drug-likeness (QED) is 0.812. The molecule has 1 aromatic carbocycles. The molecule has 0 saturated heterocycles. The number of rotatable bonds is 4. The van der Waals surface area contributed by atoms with Crippen molar-refractivity contribution in [3.05, 3.63) is 35.9 Å². The van der Waals surface area contributed by atoms with Crippen molar-refractivity contribution in [2.75, 3.05) is 11.4 Å². The van der Waals surface area contributed by atoms with E-state index in [0.29, 0.717) is 6.54 Å². The summed E-state index contributed by atoms with van der Waals surface area (Å²) < 4.78 is 0. The maximum atomic E-state index is 12.2. The molecule has 1 aromatic rings. The number of carbonyl (C=O) groups is 1. The van der Waals surface area contributed by atoms with Gasteiger partial charge in [-0.3, -0.25) is 4.79 Å². The molecule has 17 heavy (non-hydrogen) atoms. The Hall–Kier alpha value is -1.77. The molecule has 92 valence electrons. The molecule has 0 saturated carbocycles. The van der Waals surface area contributed by atoms with E-state index in [9.17, 15) is 9.90 Å². The van der Waals surface area contributed by atoms with Crippen LogP contribution in [0.4, 0.5) is 5.69 Å². The van der Waals surface area contributed by atoms with Crippen LogP contribution in [0.1, 0.15) is 27.2 Å². The largest absolute Gasteiger partial charge is 0.508 e. The van der Waals surface area contributed by atoms with Gasteiger partial charge in [0.1, 0.15) is 5.75 Å². The fourth-order valence-corrected chi connectivity index (χ4v) is 1.71. The van der Waals surface area contributed by atoms with Gasteiger partial charge in [-0.05, 0) is 32.4 Å². The Labute approximate surface area is 102 Å². The molecule has 1 rings (SSSR count). The molecule has 0 bridgehead atoms. The third-order valence-electron chi connectivity index (χ3n) is 2.55. The molecule has 0 heterocycles. The van der Waals surface area contributed by atoms with E-state index in [0.717, 1.165) is 17.7 Å². The number of allylic oxidation sites excluding steroid dienone is 1. The lowest BCUT2D eigenvalue weighted by molar-refractivity contribution is -0.115. The summed E-state index contributed by atoms with van der Waals surface area (Å²) in [4.78, 5) is 13.8. The Bertz CT molecular complexity index is 424. The third kappa shape index (κ3) is 3.34. The van der Waals surface area contributed by atoms with Gasteiger partial charge in [-0.1, -0.05) is 19.1 Å². The summed E-state index contributed by atoms with van der Waals surface area (Å²) in [6.07, 6.45) is 2.75. The number of likely N-dealkylation sites (N-methyl/N-ethyl adjacent to an activating group) is 1. The zero-order chi connectivity index (χ0) is 12.8. The Morgan fingerprint density at radius 2 is 2.12 bits per heavy atom. The Morgan fingerprint density at radius 3 is 2.65 bits per heavy atom. The number of aromatic hydroxyl groups is 1. The SMILES string of the molecule is CC/C=C(/C)C(=O)N(CC)c1cccc(O)c1. The van der Waals surface area contributed by atoms with Crippen molar-refractivity contribution in [3.63, 3.8) is 0 Å². The normalized spacial score (nSPS) is 11.4. The van der Waals surface area contributed by atoms with Crippen molar-refractivity contribution in [1.29, 1.82) is 0 Å². The molecule has 0 aromatic heterocycles. The average Bonchev–Trinajstić information content (AvgIpc) is 2.30. The van der Waals surface area contributed by atoms with Gasteiger partial charge in [0.2, 0.25) is 0 Å². The van der Waals surface area contributed by atoms with Crippen LogP contribution in [0, 0.1) is 0 Å². The molecule has 1 N–H and O–H groups in total. The second kappa shape index (κ2) is 6.09. The van der Waals surface area contributed by atoms with Crippen molar-refractivity contribution >= 4 is 11.6 Å². The number of phenols is 1. The maximum Gasteiger partial charge on any atom is 0.253 e. The van der Waals surface area contributed by atoms with Crippen LogP contribution in [-0.2, 0) is 4.79 Å². The van der Waals surface area contributed by atoms with E-state index in [2.05, 4.69) is 0 Å². The summed E-state index contributed by atoms with van der Waals surface area (Å²) in [6, 6.07) is 6.75. The number of anilines is 1. The first kappa shape index (κ1) is 13.3. The van der Waals surface area contributed by atoms with Gasteiger partial charge in [0, 0.05) is 23.9 Å². The van der Waals surface area contributed by atoms with E-state index < -0.39 is 0 Å². The lowest BCUT2D eigenvalue weighted by Gasteiger charge is -2.21. The zero-order valence-electron chi connectivity index (χ0n) is 10.6. The predicted molar refractivity (Wildman–Crippen MR) is 70.2 cm³/mol. The second-order valence-corrected chi connectivity index (χ2v) is 3.86. The van der Waals surface area contributed by atoms with Crippen LogP contribution in [0.2, 0.25) is 0 Å². The monoisotopic (exact) mass is 233 g/mol. The number of nitrogens with zero attached hydrogens (tertiary/aromatic N) is 1. The predicted octanol–water partition coefficient (Wildman–Crippen LogP) is 3.10. The van der Waals surface area contributed by atoms with Gasteiger partial charge in [-0.25, -0.2) is 0 Å². The minimum absolute atomic E-state index is 0.0139. The van der Waals surface area contributed by atoms with Crippen LogP contribution in [-0.4, -0.2) is 17.6 Å². The highest BCUT2D eigenvalue weighted by atomic mass is 16.3. The summed E-state index contributed by atoms with van der Waals surface area (Å²) in [7, 11) is 0. The van der Waals surface area contributed by atoms with Crippen molar-refractivity contribution in [2.45, 2.75) is 27.2 Å². The van der Waals surface area contributed by atoms with Gasteiger partial charge in [-0.15, -0.1) is 0 Å². The van der Waals surface area contributed by atoms with Crippen molar-refractivity contribution in [1.82, 2.24) is 0 Å². The van der Waals surface area contributed by atoms with Crippen LogP contribution in [0.5, 0.6) is 5.75 Å². The first-order valence-electron chi connectivity index (χ1n) is 5.87. The Kier molecular flexibility index (Phi) is 4.76. The fraction of sp³-hybridized carbons (Fsp3) is 0.357. The molecule has 0 spiro atoms. The zero-order valence-corrected chi connectivity index (χ0v) is 10.6. The van der Waals surface area contributed by atoms with Crippen molar-refractivity contribution in [2.24, 2.45) is 0 Å². The Balaban J connectivity index is 3.00. The van der Waals surface area contributed by atoms with E-state index >= 15 is 0 Å². The lowest BCUT2D eigenvalue weighted by Crippen LogP contribution is -2.31. The highest BCUT2D eigenvalue weighted by Crippen LogP contribution is 2.21. The van der Waals surface area contributed by atoms with Gasteiger partial charge < -0.3 is 10.0 Å². The van der Waals surface area contributed by atoms with E-state index in [1.54, 1.807) is 23.1 Å². The Morgan fingerprint density at radius 1 is 1.41 bits per heavy atom. The third-order valence-corrected chi connectivity index (χ3v) is 2.55. The number of hydrogen-bond acceptors (Lipinski definition) is 2. The molecular weight excluding hydrogens is 214 g/mol. The van der Waals surface area contributed by atoms with E-state index in [4.69, 9.17) is 0 Å². The topological polar surface area (TPSA) is 40.5 Å². The molecular formula is C14H19NO2. The number of hydrogen-bond donors (Lipinski definition) is 1. The van der Waals surface area contributed by atoms with E-state index in [1.807, 2.05) is 32.9 Å². The van der Waals surface area contributed by atoms with Gasteiger partial charge >= 0.3 is 0 Å². The minimum atomic E-state index is -0.0139. The first-order valence-corrected chi connectivity index (χ1v) is 5.87. The van der Waals surface area contributed by atoms with Crippen LogP contribution in [0.15, 0.2) is 35.9 Å². The van der Waals surface area contributed by atoms with E-state index in [-0.39, 0.29) is 11.7 Å². The highest BCUT2D eigenvalue weighted by Gasteiger charge is 2.15. The van der Waals surface area contributed by atoms with Crippen LogP contribution in [0.25, 0.3) is 0 Å². The second-order valence-electron chi connectivity index (χ2n) is 3.86. The number of phenolic OH excluding ortho intramolecular Hbond substituents is 1. The molecule has 3 nitrogen and oxygen atoms in total. The van der Waals surface area contributed by atoms with Gasteiger partial charge in [0.05, 0.1) is 0 Å². The summed E-state index contributed by atoms with van der Waals surface area (Å²) in [6.45, 7) is 6.32. The number of carbonyl (C=O) groups excluding carboxylic acids is 1. The molecule has 0 fully saturated rings. The molecule has 1 amide bonds. The number of amides is 1. The smallest absolute Gasteiger partial charge is 0.253 e.